The fraction of sp³-hybridized carbons (Fsp3) is 0.737. The smallest absolute Gasteiger partial charge is 0.399 e. The van der Waals surface area contributed by atoms with E-state index in [1.54, 1.807) is 17.3 Å². The van der Waals surface area contributed by atoms with E-state index in [0.29, 0.717) is 17.5 Å². The molecule has 29 heavy (non-hydrogen) atoms. The van der Waals surface area contributed by atoms with Gasteiger partial charge in [0.1, 0.15) is 0 Å². The van der Waals surface area contributed by atoms with Crippen LogP contribution in [0.1, 0.15) is 47.0 Å². The molecule has 2 fully saturated rings. The van der Waals surface area contributed by atoms with Crippen LogP contribution in [0.5, 0.6) is 0 Å². The number of rotatable bonds is 6. The Balaban J connectivity index is 1.59. The van der Waals surface area contributed by atoms with Gasteiger partial charge in [-0.3, -0.25) is 4.79 Å². The topological polar surface area (TPSA) is 105 Å². The molecule has 2 N–H and O–H groups in total. The summed E-state index contributed by atoms with van der Waals surface area (Å²) in [4.78, 5) is 22.8. The highest BCUT2D eigenvalue weighted by molar-refractivity contribution is 7.99. The molecule has 0 spiro atoms. The van der Waals surface area contributed by atoms with E-state index in [9.17, 15) is 9.90 Å². The first-order chi connectivity index (χ1) is 13.6. The lowest BCUT2D eigenvalue weighted by atomic mass is 9.81. The number of amides is 1. The Morgan fingerprint density at radius 3 is 2.48 bits per heavy atom. The molecule has 0 aliphatic carbocycles. The van der Waals surface area contributed by atoms with E-state index in [1.807, 2.05) is 27.7 Å². The number of carbonyl (C=O) groups excluding carboxylic acids is 1. The molecule has 0 bridgehead atoms. The zero-order valence-corrected chi connectivity index (χ0v) is 18.3. The molecule has 3 rings (SSSR count). The first-order valence-corrected chi connectivity index (χ1v) is 11.0. The Morgan fingerprint density at radius 1 is 1.28 bits per heavy atom. The van der Waals surface area contributed by atoms with Crippen LogP contribution in [0.3, 0.4) is 0 Å². The summed E-state index contributed by atoms with van der Waals surface area (Å²) >= 11 is 1.48. The van der Waals surface area contributed by atoms with Crippen LogP contribution in [0.2, 0.25) is 0 Å². The molecule has 10 heteroatoms. The summed E-state index contributed by atoms with van der Waals surface area (Å²) < 4.78 is 12.0. The van der Waals surface area contributed by atoms with E-state index in [1.165, 1.54) is 11.8 Å². The molecule has 0 unspecified atom stereocenters. The van der Waals surface area contributed by atoms with Crippen LogP contribution in [0.15, 0.2) is 17.6 Å². The van der Waals surface area contributed by atoms with Gasteiger partial charge in [-0.05, 0) is 47.0 Å². The molecule has 3 heterocycles. The van der Waals surface area contributed by atoms with Crippen molar-refractivity contribution in [3.63, 3.8) is 0 Å². The van der Waals surface area contributed by atoms with E-state index in [-0.39, 0.29) is 6.04 Å². The van der Waals surface area contributed by atoms with Crippen molar-refractivity contribution in [1.29, 1.82) is 0 Å². The lowest BCUT2D eigenvalue weighted by molar-refractivity contribution is -0.145. The first kappa shape index (κ1) is 22.5. The molecular formula is C19H30BN3O5S. The predicted octanol–water partition coefficient (Wildman–Crippen LogP) is 0.602. The summed E-state index contributed by atoms with van der Waals surface area (Å²) in [6.07, 6.45) is 4.89. The molecule has 1 amide bonds. The van der Waals surface area contributed by atoms with Gasteiger partial charge in [-0.2, -0.15) is 0 Å². The third kappa shape index (κ3) is 4.94. The summed E-state index contributed by atoms with van der Waals surface area (Å²) in [7, 11) is -0.495. The van der Waals surface area contributed by atoms with Crippen LogP contribution in [-0.4, -0.2) is 80.4 Å². The van der Waals surface area contributed by atoms with Gasteiger partial charge in [0.05, 0.1) is 17.8 Å². The normalized spacial score (nSPS) is 24.6. The third-order valence-electron chi connectivity index (χ3n) is 5.95. The average molecular weight is 423 g/mol. The van der Waals surface area contributed by atoms with E-state index in [4.69, 9.17) is 14.4 Å². The Bertz CT molecular complexity index is 702. The quantitative estimate of drug-likeness (QED) is 0.390. The van der Waals surface area contributed by atoms with Crippen LogP contribution in [0, 0.1) is 0 Å². The van der Waals surface area contributed by atoms with Crippen molar-refractivity contribution in [2.45, 2.75) is 75.5 Å². The van der Waals surface area contributed by atoms with Gasteiger partial charge in [0.2, 0.25) is 0 Å². The van der Waals surface area contributed by atoms with Crippen molar-refractivity contribution in [3.05, 3.63) is 12.4 Å². The molecule has 2 saturated heterocycles. The van der Waals surface area contributed by atoms with Gasteiger partial charge in [0.15, 0.2) is 11.3 Å². The van der Waals surface area contributed by atoms with Crippen LogP contribution in [0.4, 0.5) is 0 Å². The van der Waals surface area contributed by atoms with Crippen molar-refractivity contribution in [2.75, 3.05) is 18.9 Å². The standard InChI is InChI=1S/C19H30BN3O5S/c1-18(2)19(3,4)28-20(27-18)13-9-21-17(22-10-13)29-12-14-7-5-6-8-23(14)16(26)15(25)11-24/h9-10,14-15,24-25H,5-8,11-12H2,1-4H3/t14-,15+/m1/s1. The van der Waals surface area contributed by atoms with Gasteiger partial charge >= 0.3 is 7.12 Å². The summed E-state index contributed by atoms with van der Waals surface area (Å²) in [5.74, 6) is 0.231. The Kier molecular flexibility index (Phi) is 6.90. The minimum Gasteiger partial charge on any atom is -0.399 e. The summed E-state index contributed by atoms with van der Waals surface area (Å²) in [5, 5.41) is 19.4. The monoisotopic (exact) mass is 423 g/mol. The Labute approximate surface area is 176 Å². The number of aliphatic hydroxyl groups is 2. The summed E-state index contributed by atoms with van der Waals surface area (Å²) in [6, 6.07) is -0.00572. The number of hydrogen-bond donors (Lipinski definition) is 2. The number of carbonyl (C=O) groups is 1. The average Bonchev–Trinajstić information content (AvgIpc) is 2.93. The summed E-state index contributed by atoms with van der Waals surface area (Å²) in [6.45, 7) is 8.06. The number of hydrogen-bond acceptors (Lipinski definition) is 8. The molecule has 1 aromatic rings. The Morgan fingerprint density at radius 2 is 1.90 bits per heavy atom. The number of likely N-dealkylation sites (tertiary alicyclic amines) is 1. The third-order valence-corrected chi connectivity index (χ3v) is 6.97. The molecule has 8 nitrogen and oxygen atoms in total. The minimum absolute atomic E-state index is 0.00572. The second kappa shape index (κ2) is 8.89. The van der Waals surface area contributed by atoms with Crippen molar-refractivity contribution < 1.29 is 24.3 Å². The minimum atomic E-state index is -1.35. The van der Waals surface area contributed by atoms with Crippen LogP contribution >= 0.6 is 11.8 Å². The molecule has 2 atom stereocenters. The fourth-order valence-electron chi connectivity index (χ4n) is 3.41. The lowest BCUT2D eigenvalue weighted by Crippen LogP contribution is -2.50. The van der Waals surface area contributed by atoms with Crippen molar-refractivity contribution in [1.82, 2.24) is 14.9 Å². The highest BCUT2D eigenvalue weighted by atomic mass is 32.2. The SMILES string of the molecule is CC1(C)OB(c2cnc(SC[C@H]3CCCCN3C(=O)[C@@H](O)CO)nc2)OC1(C)C. The molecule has 2 aliphatic heterocycles. The van der Waals surface area contributed by atoms with E-state index >= 15 is 0 Å². The zero-order valence-electron chi connectivity index (χ0n) is 17.5. The second-order valence-corrected chi connectivity index (χ2v) is 9.56. The highest BCUT2D eigenvalue weighted by Crippen LogP contribution is 2.36. The summed E-state index contributed by atoms with van der Waals surface area (Å²) in [5.41, 5.74) is -0.0592. The van der Waals surface area contributed by atoms with Crippen LogP contribution in [-0.2, 0) is 14.1 Å². The molecule has 1 aromatic heterocycles. The number of thioether (sulfide) groups is 1. The van der Waals surface area contributed by atoms with Crippen LogP contribution in [0.25, 0.3) is 0 Å². The maximum absolute atomic E-state index is 12.3. The van der Waals surface area contributed by atoms with Gasteiger partial charge in [0, 0.05) is 36.2 Å². The van der Waals surface area contributed by atoms with Gasteiger partial charge < -0.3 is 24.4 Å². The highest BCUT2D eigenvalue weighted by Gasteiger charge is 2.52. The number of aromatic nitrogens is 2. The van der Waals surface area contributed by atoms with E-state index in [2.05, 4.69) is 9.97 Å². The maximum atomic E-state index is 12.3. The predicted molar refractivity (Wildman–Crippen MR) is 111 cm³/mol. The maximum Gasteiger partial charge on any atom is 0.498 e. The number of nitrogens with zero attached hydrogens (tertiary/aromatic N) is 3. The van der Waals surface area contributed by atoms with Crippen molar-refractivity contribution >= 4 is 30.3 Å². The second-order valence-electron chi connectivity index (χ2n) is 8.58. The molecular weight excluding hydrogens is 393 g/mol. The number of aliphatic hydroxyl groups excluding tert-OH is 2. The zero-order chi connectivity index (χ0) is 21.2. The lowest BCUT2D eigenvalue weighted by Gasteiger charge is -2.36. The molecule has 0 radical (unpaired) electrons. The molecule has 160 valence electrons. The van der Waals surface area contributed by atoms with Gasteiger partial charge in [-0.25, -0.2) is 9.97 Å². The van der Waals surface area contributed by atoms with E-state index < -0.39 is 36.9 Å². The Hall–Kier alpha value is -1.20. The molecule has 0 saturated carbocycles. The molecule has 2 aliphatic rings. The van der Waals surface area contributed by atoms with Gasteiger partial charge in [0.25, 0.3) is 5.91 Å². The van der Waals surface area contributed by atoms with Crippen molar-refractivity contribution in [2.24, 2.45) is 0 Å². The fourth-order valence-corrected chi connectivity index (χ4v) is 4.35. The van der Waals surface area contributed by atoms with Crippen molar-refractivity contribution in [3.8, 4) is 0 Å². The largest absolute Gasteiger partial charge is 0.498 e. The first-order valence-electron chi connectivity index (χ1n) is 10.0. The van der Waals surface area contributed by atoms with Gasteiger partial charge in [-0.15, -0.1) is 0 Å². The van der Waals surface area contributed by atoms with Gasteiger partial charge in [-0.1, -0.05) is 11.8 Å². The van der Waals surface area contributed by atoms with E-state index in [0.717, 1.165) is 24.7 Å². The number of piperidine rings is 1. The van der Waals surface area contributed by atoms with Crippen LogP contribution < -0.4 is 5.46 Å². The molecule has 0 aromatic carbocycles.